The van der Waals surface area contributed by atoms with E-state index in [1.807, 2.05) is 0 Å². The van der Waals surface area contributed by atoms with E-state index in [0.29, 0.717) is 0 Å². The van der Waals surface area contributed by atoms with E-state index in [0.717, 1.165) is 17.3 Å². The van der Waals surface area contributed by atoms with E-state index in [4.69, 9.17) is 0 Å². The van der Waals surface area contributed by atoms with Crippen LogP contribution in [-0.4, -0.2) is 6.61 Å². The van der Waals surface area contributed by atoms with Crippen molar-refractivity contribution in [1.82, 2.24) is 0 Å². The smallest absolute Gasteiger partial charge is 0.0822 e. The van der Waals surface area contributed by atoms with Gasteiger partial charge in [0, 0.05) is 4.47 Å². The van der Waals surface area contributed by atoms with Gasteiger partial charge in [-0.25, -0.2) is 5.11 Å². The van der Waals surface area contributed by atoms with E-state index in [2.05, 4.69) is 40.2 Å². The number of aryl methyl sites for hydroxylation is 1. The van der Waals surface area contributed by atoms with Crippen LogP contribution in [0.4, 0.5) is 0 Å². The predicted octanol–water partition coefficient (Wildman–Crippen LogP) is 5.54. The lowest BCUT2D eigenvalue weighted by Crippen LogP contribution is -1.86. The fourth-order valence-corrected chi connectivity index (χ4v) is 2.41. The van der Waals surface area contributed by atoms with Crippen LogP contribution in [0.25, 0.3) is 0 Å². The highest BCUT2D eigenvalue weighted by atomic mass is 79.9. The Kier molecular flexibility index (Phi) is 9.23. The molecule has 0 N–H and O–H groups in total. The number of rotatable bonds is 10. The highest BCUT2D eigenvalue weighted by Gasteiger charge is 1.95. The molecule has 0 aliphatic heterocycles. The van der Waals surface area contributed by atoms with Gasteiger partial charge in [0.1, 0.15) is 0 Å². The van der Waals surface area contributed by atoms with Crippen LogP contribution in [0.3, 0.4) is 0 Å². The minimum absolute atomic E-state index is 0.104. The summed E-state index contributed by atoms with van der Waals surface area (Å²) in [6.07, 6.45) is 11.0. The van der Waals surface area contributed by atoms with Gasteiger partial charge in [0.2, 0.25) is 0 Å². The van der Waals surface area contributed by atoms with Crippen molar-refractivity contribution in [2.24, 2.45) is 0 Å². The molecule has 1 aromatic rings. The molecule has 1 rings (SSSR count). The first-order chi connectivity index (χ1) is 8.83. The second-order valence-corrected chi connectivity index (χ2v) is 5.82. The van der Waals surface area contributed by atoms with Gasteiger partial charge >= 0.3 is 0 Å². The third kappa shape index (κ3) is 7.88. The molecule has 0 aromatic heterocycles. The second kappa shape index (κ2) is 10.6. The van der Waals surface area contributed by atoms with E-state index < -0.39 is 0 Å². The third-order valence-corrected chi connectivity index (χ3v) is 3.80. The molecule has 0 saturated carbocycles. The minimum atomic E-state index is 0.104. The third-order valence-electron chi connectivity index (χ3n) is 3.27. The highest BCUT2D eigenvalue weighted by molar-refractivity contribution is 9.10. The Morgan fingerprint density at radius 1 is 0.722 bits per heavy atom. The van der Waals surface area contributed by atoms with Gasteiger partial charge in [0.25, 0.3) is 0 Å². The number of hydrogen-bond donors (Lipinski definition) is 0. The van der Waals surface area contributed by atoms with Crippen LogP contribution in [0.2, 0.25) is 0 Å². The molecule has 0 atom stereocenters. The molecule has 101 valence electrons. The highest BCUT2D eigenvalue weighted by Crippen LogP contribution is 2.14. The van der Waals surface area contributed by atoms with Crippen molar-refractivity contribution >= 4 is 15.9 Å². The molecule has 0 fully saturated rings. The van der Waals surface area contributed by atoms with Crippen molar-refractivity contribution in [1.29, 1.82) is 0 Å². The molecule has 0 spiro atoms. The van der Waals surface area contributed by atoms with Crippen LogP contribution in [0.5, 0.6) is 0 Å². The zero-order chi connectivity index (χ0) is 13.1. The van der Waals surface area contributed by atoms with Crippen LogP contribution < -0.4 is 0 Å². The van der Waals surface area contributed by atoms with E-state index in [1.54, 1.807) is 0 Å². The van der Waals surface area contributed by atoms with Crippen LogP contribution in [-0.2, 0) is 11.5 Å². The van der Waals surface area contributed by atoms with Crippen LogP contribution in [0.1, 0.15) is 56.9 Å². The lowest BCUT2D eigenvalue weighted by molar-refractivity contribution is 0.186. The zero-order valence-corrected chi connectivity index (χ0v) is 12.8. The molecule has 0 aliphatic carbocycles. The van der Waals surface area contributed by atoms with Crippen LogP contribution in [0, 0.1) is 0 Å². The van der Waals surface area contributed by atoms with Crippen molar-refractivity contribution in [2.75, 3.05) is 6.61 Å². The van der Waals surface area contributed by atoms with E-state index in [-0.39, 0.29) is 6.61 Å². The summed E-state index contributed by atoms with van der Waals surface area (Å²) in [5, 5.41) is 10.3. The molecule has 0 bridgehead atoms. The Balaban J connectivity index is 1.91. The Bertz CT molecular complexity index is 294. The van der Waals surface area contributed by atoms with Gasteiger partial charge in [-0.3, -0.25) is 0 Å². The molecule has 18 heavy (non-hydrogen) atoms. The average molecular weight is 312 g/mol. The second-order valence-electron chi connectivity index (χ2n) is 4.91. The molecule has 0 heterocycles. The lowest BCUT2D eigenvalue weighted by atomic mass is 10.0. The molecule has 0 aliphatic rings. The Morgan fingerprint density at radius 2 is 1.22 bits per heavy atom. The van der Waals surface area contributed by atoms with E-state index >= 15 is 0 Å². The number of hydrogen-bond acceptors (Lipinski definition) is 0. The number of halogens is 1. The maximum atomic E-state index is 10.3. The first-order valence-corrected chi connectivity index (χ1v) is 7.95. The van der Waals surface area contributed by atoms with E-state index in [1.165, 1.54) is 50.5 Å². The fraction of sp³-hybridized carbons (Fsp3) is 0.625. The summed E-state index contributed by atoms with van der Waals surface area (Å²) < 4.78 is 1.16. The van der Waals surface area contributed by atoms with Gasteiger partial charge in [0.05, 0.1) is 6.61 Å². The largest absolute Gasteiger partial charge is 0.237 e. The lowest BCUT2D eigenvalue weighted by Gasteiger charge is -2.03. The van der Waals surface area contributed by atoms with Gasteiger partial charge in [0.15, 0.2) is 0 Å². The van der Waals surface area contributed by atoms with Crippen molar-refractivity contribution < 1.29 is 5.11 Å². The average Bonchev–Trinajstić information content (AvgIpc) is 2.39. The molecule has 0 amide bonds. The molecule has 1 nitrogen and oxygen atoms in total. The molecular weight excluding hydrogens is 288 g/mol. The Labute approximate surface area is 120 Å². The monoisotopic (exact) mass is 311 g/mol. The van der Waals surface area contributed by atoms with Crippen molar-refractivity contribution in [2.45, 2.75) is 57.8 Å². The van der Waals surface area contributed by atoms with Gasteiger partial charge in [-0.2, -0.15) is 0 Å². The van der Waals surface area contributed by atoms with Crippen molar-refractivity contribution in [3.63, 3.8) is 0 Å². The van der Waals surface area contributed by atoms with Gasteiger partial charge in [-0.15, -0.1) is 0 Å². The first kappa shape index (κ1) is 15.7. The Hall–Kier alpha value is -0.340. The molecular formula is C16H24BrO. The predicted molar refractivity (Wildman–Crippen MR) is 80.3 cm³/mol. The van der Waals surface area contributed by atoms with Gasteiger partial charge in [-0.1, -0.05) is 66.6 Å². The quantitative estimate of drug-likeness (QED) is 0.505. The normalized spacial score (nSPS) is 10.8. The summed E-state index contributed by atoms with van der Waals surface area (Å²) in [7, 11) is 0. The summed E-state index contributed by atoms with van der Waals surface area (Å²) in [4.78, 5) is 0. The minimum Gasteiger partial charge on any atom is -0.237 e. The summed E-state index contributed by atoms with van der Waals surface area (Å²) in [6, 6.07) is 8.64. The zero-order valence-electron chi connectivity index (χ0n) is 11.2. The topological polar surface area (TPSA) is 19.9 Å². The SMILES string of the molecule is [O]CCCCCCCCCCc1ccc(Br)cc1. The van der Waals surface area contributed by atoms with Crippen LogP contribution in [0.15, 0.2) is 28.7 Å². The van der Waals surface area contributed by atoms with Crippen LogP contribution >= 0.6 is 15.9 Å². The van der Waals surface area contributed by atoms with E-state index in [9.17, 15) is 5.11 Å². The molecule has 1 radical (unpaired) electrons. The molecule has 2 heteroatoms. The molecule has 0 unspecified atom stereocenters. The maximum absolute atomic E-state index is 10.3. The summed E-state index contributed by atoms with van der Waals surface area (Å²) in [5.41, 5.74) is 1.44. The number of unbranched alkanes of at least 4 members (excludes halogenated alkanes) is 7. The molecule has 1 aromatic carbocycles. The first-order valence-electron chi connectivity index (χ1n) is 7.15. The van der Waals surface area contributed by atoms with Crippen molar-refractivity contribution in [3.8, 4) is 0 Å². The number of benzene rings is 1. The summed E-state index contributed by atoms with van der Waals surface area (Å²) >= 11 is 3.45. The van der Waals surface area contributed by atoms with Gasteiger partial charge in [-0.05, 0) is 37.0 Å². The summed E-state index contributed by atoms with van der Waals surface area (Å²) in [5.74, 6) is 0. The standard InChI is InChI=1S/C16H24BrO/c17-16-12-10-15(11-13-16)9-7-5-3-1-2-4-6-8-14-18/h10-13H,1-9,14H2. The van der Waals surface area contributed by atoms with Gasteiger partial charge < -0.3 is 0 Å². The Morgan fingerprint density at radius 3 is 1.78 bits per heavy atom. The fourth-order valence-electron chi connectivity index (χ4n) is 2.14. The maximum Gasteiger partial charge on any atom is 0.0822 e. The van der Waals surface area contributed by atoms with Crippen molar-refractivity contribution in [3.05, 3.63) is 34.3 Å². The summed E-state index contributed by atoms with van der Waals surface area (Å²) in [6.45, 7) is 0.104. The molecule has 0 saturated heterocycles.